The zero-order valence-electron chi connectivity index (χ0n) is 16.3. The monoisotopic (exact) mass is 376 g/mol. The maximum Gasteiger partial charge on any atom is 0.221 e. The Morgan fingerprint density at radius 2 is 1.81 bits per heavy atom. The number of hydrogen-bond donors (Lipinski definition) is 1. The zero-order valence-corrected chi connectivity index (χ0v) is 16.3. The normalized spacial score (nSPS) is 15.4. The van der Waals surface area contributed by atoms with Gasteiger partial charge in [0.2, 0.25) is 11.7 Å². The fraction of sp³-hybridized carbons (Fsp3) is 0.550. The lowest BCUT2D eigenvalue weighted by molar-refractivity contribution is -0.114. The average molecular weight is 376 g/mol. The molecule has 3 rings (SSSR count). The first-order valence-corrected chi connectivity index (χ1v) is 9.43. The Morgan fingerprint density at radius 3 is 2.44 bits per heavy atom. The van der Waals surface area contributed by atoms with Crippen molar-refractivity contribution in [1.82, 2.24) is 4.90 Å². The second kappa shape index (κ2) is 8.99. The number of amides is 1. The van der Waals surface area contributed by atoms with Gasteiger partial charge >= 0.3 is 0 Å². The van der Waals surface area contributed by atoms with Crippen molar-refractivity contribution in [3.63, 3.8) is 0 Å². The molecule has 0 atom stereocenters. The highest BCUT2D eigenvalue weighted by molar-refractivity contribution is 6.03. The van der Waals surface area contributed by atoms with Gasteiger partial charge in [0.15, 0.2) is 17.1 Å². The lowest BCUT2D eigenvalue weighted by Crippen LogP contribution is -2.29. The number of carbonyl (C=O) groups is 1. The Kier molecular flexibility index (Phi) is 6.45. The molecular weight excluding hydrogens is 348 g/mol. The van der Waals surface area contributed by atoms with Gasteiger partial charge in [0.25, 0.3) is 0 Å². The molecule has 0 saturated carbocycles. The molecule has 1 aliphatic heterocycles. The van der Waals surface area contributed by atoms with Gasteiger partial charge in [0.05, 0.1) is 25.9 Å². The Hall–Kier alpha value is -2.41. The number of rotatable bonds is 7. The van der Waals surface area contributed by atoms with Crippen LogP contribution < -0.4 is 19.5 Å². The molecule has 2 aromatic rings. The number of furan rings is 1. The first kappa shape index (κ1) is 19.4. The number of likely N-dealkylation sites (tertiary alicyclic amines) is 1. The SMILES string of the molecule is COc1c(NC(C)=O)c(OCCN2CCCCCC2)c(OC)c2occc12. The third kappa shape index (κ3) is 4.30. The smallest absolute Gasteiger partial charge is 0.221 e. The summed E-state index contributed by atoms with van der Waals surface area (Å²) in [5.41, 5.74) is 1.000. The summed E-state index contributed by atoms with van der Waals surface area (Å²) < 4.78 is 22.8. The summed E-state index contributed by atoms with van der Waals surface area (Å²) in [6, 6.07) is 1.78. The quantitative estimate of drug-likeness (QED) is 0.795. The number of nitrogens with zero attached hydrogens (tertiary/aromatic N) is 1. The molecule has 0 radical (unpaired) electrons. The molecule has 7 nitrogen and oxygen atoms in total. The van der Waals surface area contributed by atoms with Crippen LogP contribution in [0.5, 0.6) is 17.2 Å². The summed E-state index contributed by atoms with van der Waals surface area (Å²) in [5.74, 6) is 1.17. The van der Waals surface area contributed by atoms with Gasteiger partial charge in [-0.3, -0.25) is 9.69 Å². The molecule has 1 amide bonds. The largest absolute Gasteiger partial charge is 0.494 e. The number of hydrogen-bond acceptors (Lipinski definition) is 6. The van der Waals surface area contributed by atoms with Gasteiger partial charge in [-0.05, 0) is 32.0 Å². The molecule has 0 unspecified atom stereocenters. The van der Waals surface area contributed by atoms with E-state index in [2.05, 4.69) is 10.2 Å². The number of anilines is 1. The van der Waals surface area contributed by atoms with Crippen molar-refractivity contribution in [2.75, 3.05) is 45.8 Å². The molecule has 2 heterocycles. The topological polar surface area (TPSA) is 73.2 Å². The van der Waals surface area contributed by atoms with Crippen LogP contribution in [0, 0.1) is 0 Å². The third-order valence-corrected chi connectivity index (χ3v) is 4.84. The van der Waals surface area contributed by atoms with Gasteiger partial charge in [-0.25, -0.2) is 0 Å². The van der Waals surface area contributed by atoms with E-state index in [4.69, 9.17) is 18.6 Å². The van der Waals surface area contributed by atoms with Crippen LogP contribution in [0.15, 0.2) is 16.7 Å². The lowest BCUT2D eigenvalue weighted by atomic mass is 10.1. The van der Waals surface area contributed by atoms with Gasteiger partial charge in [-0.2, -0.15) is 0 Å². The van der Waals surface area contributed by atoms with E-state index in [1.165, 1.54) is 32.6 Å². The fourth-order valence-electron chi connectivity index (χ4n) is 3.58. The summed E-state index contributed by atoms with van der Waals surface area (Å²) in [7, 11) is 3.11. The highest BCUT2D eigenvalue weighted by Gasteiger charge is 2.25. The second-order valence-electron chi connectivity index (χ2n) is 6.72. The van der Waals surface area contributed by atoms with E-state index in [1.807, 2.05) is 0 Å². The summed E-state index contributed by atoms with van der Waals surface area (Å²) in [5, 5.41) is 3.54. The number of benzene rings is 1. The molecule has 1 aromatic heterocycles. The van der Waals surface area contributed by atoms with E-state index in [0.29, 0.717) is 35.1 Å². The number of fused-ring (bicyclic) bond motifs is 1. The van der Waals surface area contributed by atoms with Gasteiger partial charge in [-0.1, -0.05) is 12.8 Å². The highest BCUT2D eigenvalue weighted by Crippen LogP contribution is 2.49. The van der Waals surface area contributed by atoms with Crippen LogP contribution in [-0.4, -0.2) is 51.3 Å². The van der Waals surface area contributed by atoms with Crippen molar-refractivity contribution in [3.05, 3.63) is 12.3 Å². The summed E-state index contributed by atoms with van der Waals surface area (Å²) in [4.78, 5) is 14.2. The van der Waals surface area contributed by atoms with Crippen molar-refractivity contribution in [2.45, 2.75) is 32.6 Å². The van der Waals surface area contributed by atoms with Crippen LogP contribution in [0.3, 0.4) is 0 Å². The van der Waals surface area contributed by atoms with Crippen molar-refractivity contribution in [3.8, 4) is 17.2 Å². The number of carbonyl (C=O) groups excluding carboxylic acids is 1. The molecule has 0 bridgehead atoms. The number of methoxy groups -OCH3 is 2. The van der Waals surface area contributed by atoms with Crippen molar-refractivity contribution >= 4 is 22.6 Å². The van der Waals surface area contributed by atoms with E-state index in [0.717, 1.165) is 25.0 Å². The number of nitrogens with one attached hydrogen (secondary N) is 1. The summed E-state index contributed by atoms with van der Waals surface area (Å²) in [6.45, 7) is 4.95. The zero-order chi connectivity index (χ0) is 19.2. The van der Waals surface area contributed by atoms with Crippen molar-refractivity contribution < 1.29 is 23.4 Å². The molecule has 7 heteroatoms. The minimum atomic E-state index is -0.212. The first-order chi connectivity index (χ1) is 13.2. The van der Waals surface area contributed by atoms with Crippen LogP contribution in [0.4, 0.5) is 5.69 Å². The molecule has 1 aromatic carbocycles. The molecule has 1 fully saturated rings. The van der Waals surface area contributed by atoms with Gasteiger partial charge in [0.1, 0.15) is 12.3 Å². The van der Waals surface area contributed by atoms with Crippen LogP contribution in [0.1, 0.15) is 32.6 Å². The van der Waals surface area contributed by atoms with E-state index >= 15 is 0 Å². The van der Waals surface area contributed by atoms with E-state index < -0.39 is 0 Å². The predicted octanol–water partition coefficient (Wildman–Crippen LogP) is 3.66. The molecule has 1 saturated heterocycles. The Balaban J connectivity index is 1.90. The number of ether oxygens (including phenoxy) is 3. The molecule has 27 heavy (non-hydrogen) atoms. The second-order valence-corrected chi connectivity index (χ2v) is 6.72. The molecule has 1 N–H and O–H groups in total. The minimum absolute atomic E-state index is 0.212. The van der Waals surface area contributed by atoms with E-state index in [9.17, 15) is 4.79 Å². The van der Waals surface area contributed by atoms with Crippen LogP contribution in [0.25, 0.3) is 11.0 Å². The van der Waals surface area contributed by atoms with Gasteiger partial charge in [0, 0.05) is 13.5 Å². The van der Waals surface area contributed by atoms with Gasteiger partial charge < -0.3 is 23.9 Å². The van der Waals surface area contributed by atoms with Crippen LogP contribution >= 0.6 is 0 Å². The highest BCUT2D eigenvalue weighted by atomic mass is 16.5. The molecule has 0 spiro atoms. The summed E-state index contributed by atoms with van der Waals surface area (Å²) in [6.07, 6.45) is 6.61. The maximum absolute atomic E-state index is 11.8. The standard InChI is InChI=1S/C20H28N2O5/c1-14(23)21-16-17(24-2)15-8-12-26-18(15)20(25-3)19(16)27-13-11-22-9-6-4-5-7-10-22/h8,12H,4-7,9-11,13H2,1-3H3,(H,21,23). The van der Waals surface area contributed by atoms with Crippen molar-refractivity contribution in [2.24, 2.45) is 0 Å². The molecule has 1 aliphatic rings. The minimum Gasteiger partial charge on any atom is -0.494 e. The van der Waals surface area contributed by atoms with E-state index in [-0.39, 0.29) is 5.91 Å². The Morgan fingerprint density at radius 1 is 1.11 bits per heavy atom. The van der Waals surface area contributed by atoms with Crippen molar-refractivity contribution in [1.29, 1.82) is 0 Å². The Bertz CT molecular complexity index is 778. The van der Waals surface area contributed by atoms with Gasteiger partial charge in [-0.15, -0.1) is 0 Å². The Labute approximate surface area is 159 Å². The average Bonchev–Trinajstić information content (AvgIpc) is 2.97. The molecule has 148 valence electrons. The molecular formula is C20H28N2O5. The third-order valence-electron chi connectivity index (χ3n) is 4.84. The fourth-order valence-corrected chi connectivity index (χ4v) is 3.58. The summed E-state index contributed by atoms with van der Waals surface area (Å²) >= 11 is 0. The first-order valence-electron chi connectivity index (χ1n) is 9.43. The maximum atomic E-state index is 11.8. The molecule has 0 aliphatic carbocycles. The lowest BCUT2D eigenvalue weighted by Gasteiger charge is -2.22. The predicted molar refractivity (Wildman–Crippen MR) is 104 cm³/mol. The van der Waals surface area contributed by atoms with E-state index in [1.54, 1.807) is 26.5 Å². The van der Waals surface area contributed by atoms with Crippen LogP contribution in [-0.2, 0) is 4.79 Å². The van der Waals surface area contributed by atoms with Crippen LogP contribution in [0.2, 0.25) is 0 Å².